The van der Waals surface area contributed by atoms with Crippen molar-refractivity contribution < 1.29 is 14.6 Å². The fraction of sp³-hybridized carbons (Fsp3) is 0.579. The third-order valence-corrected chi connectivity index (χ3v) is 3.62. The molecule has 0 saturated heterocycles. The van der Waals surface area contributed by atoms with E-state index in [-0.39, 0.29) is 11.5 Å². The predicted molar refractivity (Wildman–Crippen MR) is 99.3 cm³/mol. The van der Waals surface area contributed by atoms with Crippen molar-refractivity contribution in [2.24, 2.45) is 0 Å². The van der Waals surface area contributed by atoms with Crippen LogP contribution in [0.1, 0.15) is 75.2 Å². The zero-order valence-corrected chi connectivity index (χ0v) is 15.7. The summed E-state index contributed by atoms with van der Waals surface area (Å²) in [6, 6.07) is 3.47. The van der Waals surface area contributed by atoms with Crippen LogP contribution in [0, 0.1) is 10.7 Å². The zero-order chi connectivity index (χ0) is 18.4. The number of benzene rings is 1. The molecular formula is C19H28NO3S-. The monoisotopic (exact) mass is 350 g/mol. The summed E-state index contributed by atoms with van der Waals surface area (Å²) in [6.07, 6.45) is 7.59. The molecule has 0 fully saturated rings. The molecule has 0 aliphatic rings. The second kappa shape index (κ2) is 13.6. The number of hydrogen-bond acceptors (Lipinski definition) is 5. The van der Waals surface area contributed by atoms with Crippen molar-refractivity contribution in [2.45, 2.75) is 65.7 Å². The molecule has 0 amide bonds. The van der Waals surface area contributed by atoms with Gasteiger partial charge in [-0.05, 0) is 31.9 Å². The van der Waals surface area contributed by atoms with Crippen LogP contribution in [0.2, 0.25) is 0 Å². The van der Waals surface area contributed by atoms with Crippen LogP contribution in [0.25, 0.3) is 0 Å². The predicted octanol–water partition coefficient (Wildman–Crippen LogP) is 4.91. The average molecular weight is 351 g/mol. The highest BCUT2D eigenvalue weighted by atomic mass is 32.1. The van der Waals surface area contributed by atoms with Gasteiger partial charge in [-0.2, -0.15) is 0 Å². The maximum absolute atomic E-state index is 11.5. The van der Waals surface area contributed by atoms with E-state index in [0.29, 0.717) is 12.2 Å². The number of thiocyanates is 1. The molecule has 1 rings (SSSR count). The van der Waals surface area contributed by atoms with Crippen LogP contribution < -0.4 is 4.74 Å². The molecule has 4 nitrogen and oxygen atoms in total. The van der Waals surface area contributed by atoms with Crippen LogP contribution in [-0.2, 0) is 19.0 Å². The number of nitrogens with zero attached hydrogens (tertiary/aromatic N) is 1. The Morgan fingerprint density at radius 1 is 1.21 bits per heavy atom. The highest BCUT2D eigenvalue weighted by Crippen LogP contribution is 2.33. The lowest BCUT2D eigenvalue weighted by molar-refractivity contribution is 0.101. The Bertz CT molecular complexity index is 538. The molecule has 0 saturated carbocycles. The summed E-state index contributed by atoms with van der Waals surface area (Å²) >= 11 is 3.70. The van der Waals surface area contributed by atoms with Crippen molar-refractivity contribution in [1.29, 1.82) is 5.26 Å². The van der Waals surface area contributed by atoms with Crippen LogP contribution >= 0.6 is 0 Å². The fourth-order valence-corrected chi connectivity index (χ4v) is 2.42. The lowest BCUT2D eigenvalue weighted by atomic mass is 10.0. The number of phenolic OH excluding ortho intramolecular Hbond substituents is 1. The largest absolute Gasteiger partial charge is 0.696 e. The second-order valence-corrected chi connectivity index (χ2v) is 5.78. The van der Waals surface area contributed by atoms with Crippen LogP contribution in [0.3, 0.4) is 0 Å². The first-order valence-corrected chi connectivity index (χ1v) is 8.93. The Kier molecular flexibility index (Phi) is 12.6. The molecule has 134 valence electrons. The van der Waals surface area contributed by atoms with E-state index >= 15 is 0 Å². The van der Waals surface area contributed by atoms with Crippen LogP contribution in [0.5, 0.6) is 11.5 Å². The molecule has 1 N–H and O–H groups in total. The molecule has 0 bridgehead atoms. The van der Waals surface area contributed by atoms with E-state index in [1.54, 1.807) is 6.07 Å². The van der Waals surface area contributed by atoms with Gasteiger partial charge in [0.15, 0.2) is 5.78 Å². The number of ketones is 1. The number of phenols is 1. The maximum Gasteiger partial charge on any atom is 0.163 e. The van der Waals surface area contributed by atoms with Gasteiger partial charge in [-0.15, -0.1) is 0 Å². The van der Waals surface area contributed by atoms with Gasteiger partial charge in [-0.25, -0.2) is 5.26 Å². The number of carbonyl (C=O) groups excluding carboxylic acids is 1. The fourth-order valence-electron chi connectivity index (χ4n) is 2.42. The average Bonchev–Trinajstić information content (AvgIpc) is 2.54. The summed E-state index contributed by atoms with van der Waals surface area (Å²) in [4.78, 5) is 11.5. The Labute approximate surface area is 151 Å². The van der Waals surface area contributed by atoms with Gasteiger partial charge in [0.2, 0.25) is 0 Å². The van der Waals surface area contributed by atoms with Crippen molar-refractivity contribution in [3.05, 3.63) is 23.3 Å². The molecule has 24 heavy (non-hydrogen) atoms. The third-order valence-electron chi connectivity index (χ3n) is 3.62. The number of rotatable bonds is 10. The van der Waals surface area contributed by atoms with Gasteiger partial charge >= 0.3 is 0 Å². The molecule has 0 aliphatic heterocycles. The molecule has 0 aromatic heterocycles. The second-order valence-electron chi connectivity index (χ2n) is 5.60. The molecule has 1 aromatic carbocycles. The molecule has 0 aliphatic carbocycles. The van der Waals surface area contributed by atoms with E-state index in [2.05, 4.69) is 26.5 Å². The molecule has 0 heterocycles. The summed E-state index contributed by atoms with van der Waals surface area (Å²) in [5, 5.41) is 18.7. The van der Waals surface area contributed by atoms with Gasteiger partial charge in [-0.3, -0.25) is 4.79 Å². The van der Waals surface area contributed by atoms with E-state index in [1.807, 2.05) is 6.07 Å². The number of hydrogen-bond donors (Lipinski definition) is 1. The zero-order valence-electron chi connectivity index (χ0n) is 14.9. The van der Waals surface area contributed by atoms with Crippen molar-refractivity contribution in [1.82, 2.24) is 0 Å². The van der Waals surface area contributed by atoms with Crippen molar-refractivity contribution >= 4 is 18.4 Å². The number of unbranched alkanes of at least 4 members (excludes halogenated alkanes) is 4. The van der Waals surface area contributed by atoms with E-state index in [1.165, 1.54) is 38.0 Å². The highest BCUT2D eigenvalue weighted by molar-refractivity contribution is 7.64. The van der Waals surface area contributed by atoms with Gasteiger partial charge in [0, 0.05) is 5.56 Å². The Morgan fingerprint density at radius 3 is 2.38 bits per heavy atom. The lowest BCUT2D eigenvalue weighted by Crippen LogP contribution is -2.03. The Morgan fingerprint density at radius 2 is 1.83 bits per heavy atom. The van der Waals surface area contributed by atoms with Crippen LogP contribution in [0.15, 0.2) is 12.1 Å². The van der Waals surface area contributed by atoms with Crippen molar-refractivity contribution in [3.8, 4) is 16.9 Å². The van der Waals surface area contributed by atoms with Crippen molar-refractivity contribution in [2.75, 3.05) is 6.61 Å². The summed E-state index contributed by atoms with van der Waals surface area (Å²) in [6.45, 7) is 6.39. The lowest BCUT2D eigenvalue weighted by Gasteiger charge is -2.14. The minimum atomic E-state index is -0.115. The van der Waals surface area contributed by atoms with Gasteiger partial charge in [-0.1, -0.05) is 51.4 Å². The quantitative estimate of drug-likeness (QED) is 0.281. The topological polar surface area (TPSA) is 70.3 Å². The minimum absolute atomic E-state index is 0.0906. The van der Waals surface area contributed by atoms with E-state index in [4.69, 9.17) is 10.00 Å². The molecule has 0 spiro atoms. The Hall–Kier alpha value is -1.80. The van der Waals surface area contributed by atoms with Gasteiger partial charge in [0.05, 0.1) is 12.2 Å². The number of nitriles is 1. The SMILES string of the molecule is CCCCCCCOc1ccc(C(C)=O)c(O)c1CCC.N#C[S-]. The third kappa shape index (κ3) is 8.16. The highest BCUT2D eigenvalue weighted by Gasteiger charge is 2.15. The first-order chi connectivity index (χ1) is 11.5. The van der Waals surface area contributed by atoms with Crippen LogP contribution in [0.4, 0.5) is 0 Å². The summed E-state index contributed by atoms with van der Waals surface area (Å²) in [7, 11) is 0. The van der Waals surface area contributed by atoms with E-state index in [9.17, 15) is 9.90 Å². The van der Waals surface area contributed by atoms with E-state index < -0.39 is 0 Å². The minimum Gasteiger partial charge on any atom is -0.696 e. The molecule has 1 aromatic rings. The van der Waals surface area contributed by atoms with Crippen molar-refractivity contribution in [3.63, 3.8) is 0 Å². The van der Waals surface area contributed by atoms with Crippen LogP contribution in [-0.4, -0.2) is 17.5 Å². The first kappa shape index (κ1) is 22.2. The molecule has 0 unspecified atom stereocenters. The maximum atomic E-state index is 11.5. The number of aromatic hydroxyl groups is 1. The van der Waals surface area contributed by atoms with Gasteiger partial charge < -0.3 is 22.5 Å². The standard InChI is InChI=1S/C18H28O3.CHNS/c1-4-6-7-8-9-13-21-17-12-11-15(14(3)19)18(20)16(17)10-5-2;2-1-3/h11-12,20H,4-10,13H2,1-3H3;3H/p-1. The molecule has 0 radical (unpaired) electrons. The van der Waals surface area contributed by atoms with Gasteiger partial charge in [0.1, 0.15) is 11.5 Å². The molecule has 0 atom stereocenters. The first-order valence-electron chi connectivity index (χ1n) is 8.53. The number of Topliss-reactive ketones (excluding diaryl/α,β-unsaturated/α-hetero) is 1. The normalized spacial score (nSPS) is 9.58. The summed E-state index contributed by atoms with van der Waals surface area (Å²) < 4.78 is 5.81. The molecular weight excluding hydrogens is 322 g/mol. The summed E-state index contributed by atoms with van der Waals surface area (Å²) in [5.41, 5.74) is 1.15. The summed E-state index contributed by atoms with van der Waals surface area (Å²) in [5.74, 6) is 0.693. The molecule has 5 heteroatoms. The number of carbonyl (C=O) groups is 1. The van der Waals surface area contributed by atoms with Gasteiger partial charge in [0.25, 0.3) is 0 Å². The number of ether oxygens (including phenoxy) is 1. The smallest absolute Gasteiger partial charge is 0.163 e. The Balaban J connectivity index is 0.00000163. The van der Waals surface area contributed by atoms with E-state index in [0.717, 1.165) is 30.6 Å².